The van der Waals surface area contributed by atoms with Gasteiger partial charge in [0.2, 0.25) is 5.91 Å². The first-order valence-electron chi connectivity index (χ1n) is 13.8. The van der Waals surface area contributed by atoms with Crippen LogP contribution in [0.1, 0.15) is 94.8 Å². The van der Waals surface area contributed by atoms with Gasteiger partial charge in [-0.15, -0.1) is 0 Å². The normalized spacial score (nSPS) is 15.1. The van der Waals surface area contributed by atoms with Crippen molar-refractivity contribution in [2.75, 3.05) is 26.3 Å². The lowest BCUT2D eigenvalue weighted by Gasteiger charge is -2.36. The van der Waals surface area contributed by atoms with E-state index in [1.54, 1.807) is 23.1 Å². The maximum Gasteiger partial charge on any atom is 0.308 e. The quantitative estimate of drug-likeness (QED) is 0.144. The third-order valence-electron chi connectivity index (χ3n) is 6.43. The smallest absolute Gasteiger partial charge is 0.308 e. The lowest BCUT2D eigenvalue weighted by Crippen LogP contribution is -2.60. The standard InChI is InChI=1S/C28H42BrN3O5S/c1-3-5-6-7-8-9-10-11-12-13-18-37-25(33)20-23-27(35)30-16-17-32(23)28(38)31-26(34)21-14-15-24(36-4-2)22(29)19-21/h14-15,19,23H,3-13,16-18,20H2,1-2H3,(H,30,35)(H,31,34,38). The van der Waals surface area contributed by atoms with E-state index in [2.05, 4.69) is 33.5 Å². The van der Waals surface area contributed by atoms with E-state index in [1.807, 2.05) is 6.92 Å². The molecular formula is C28H42BrN3O5S. The Hall–Kier alpha value is -2.20. The van der Waals surface area contributed by atoms with E-state index in [0.717, 1.165) is 19.3 Å². The Bertz CT molecular complexity index is 930. The van der Waals surface area contributed by atoms with Crippen molar-refractivity contribution >= 4 is 51.0 Å². The van der Waals surface area contributed by atoms with Gasteiger partial charge in [-0.1, -0.05) is 64.7 Å². The van der Waals surface area contributed by atoms with Crippen molar-refractivity contribution in [3.63, 3.8) is 0 Å². The zero-order valence-corrected chi connectivity index (χ0v) is 25.1. The van der Waals surface area contributed by atoms with Crippen molar-refractivity contribution in [1.29, 1.82) is 0 Å². The molecule has 8 nitrogen and oxygen atoms in total. The SMILES string of the molecule is CCCCCCCCCCCCOC(=O)CC1C(=O)NCCN1C(=S)NC(=O)c1ccc(OCC)c(Br)c1. The Balaban J connectivity index is 1.76. The predicted octanol–water partition coefficient (Wildman–Crippen LogP) is 5.52. The fourth-order valence-corrected chi connectivity index (χ4v) is 5.11. The monoisotopic (exact) mass is 611 g/mol. The zero-order valence-electron chi connectivity index (χ0n) is 22.7. The molecule has 1 aromatic rings. The van der Waals surface area contributed by atoms with Crippen molar-refractivity contribution in [1.82, 2.24) is 15.5 Å². The first-order chi connectivity index (χ1) is 18.4. The number of piperazine rings is 1. The van der Waals surface area contributed by atoms with Gasteiger partial charge < -0.3 is 19.7 Å². The van der Waals surface area contributed by atoms with Gasteiger partial charge in [0.25, 0.3) is 5.91 Å². The van der Waals surface area contributed by atoms with Gasteiger partial charge in [0.15, 0.2) is 5.11 Å². The van der Waals surface area contributed by atoms with Gasteiger partial charge in [-0.3, -0.25) is 19.7 Å². The summed E-state index contributed by atoms with van der Waals surface area (Å²) in [7, 11) is 0. The number of ether oxygens (including phenoxy) is 2. The molecule has 1 aromatic carbocycles. The van der Waals surface area contributed by atoms with Gasteiger partial charge in [0, 0.05) is 18.7 Å². The summed E-state index contributed by atoms with van der Waals surface area (Å²) in [4.78, 5) is 39.4. The Labute approximate surface area is 240 Å². The fourth-order valence-electron chi connectivity index (χ4n) is 4.31. The summed E-state index contributed by atoms with van der Waals surface area (Å²) in [5.74, 6) is -0.534. The third kappa shape index (κ3) is 11.3. The summed E-state index contributed by atoms with van der Waals surface area (Å²) in [6, 6.07) is 4.16. The number of amides is 2. The number of benzene rings is 1. The molecule has 1 saturated heterocycles. The Kier molecular flexibility index (Phi) is 15.3. The summed E-state index contributed by atoms with van der Waals surface area (Å²) in [5, 5.41) is 5.55. The average molecular weight is 613 g/mol. The number of hydrogen-bond acceptors (Lipinski definition) is 6. The maximum atomic E-state index is 12.8. The van der Waals surface area contributed by atoms with Crippen molar-refractivity contribution in [3.05, 3.63) is 28.2 Å². The fraction of sp³-hybridized carbons (Fsp3) is 0.643. The van der Waals surface area contributed by atoms with Gasteiger partial charge in [0.1, 0.15) is 11.8 Å². The molecule has 0 aromatic heterocycles. The molecule has 1 heterocycles. The molecule has 38 heavy (non-hydrogen) atoms. The molecule has 1 aliphatic rings. The number of unbranched alkanes of at least 4 members (excludes halogenated alkanes) is 9. The lowest BCUT2D eigenvalue weighted by molar-refractivity contribution is -0.147. The number of rotatable bonds is 16. The number of nitrogens with one attached hydrogen (secondary N) is 2. The first-order valence-corrected chi connectivity index (χ1v) is 15.0. The van der Waals surface area contributed by atoms with Crippen LogP contribution in [0.2, 0.25) is 0 Å². The number of hydrogen-bond donors (Lipinski definition) is 2. The highest BCUT2D eigenvalue weighted by atomic mass is 79.9. The number of thiocarbonyl (C=S) groups is 1. The van der Waals surface area contributed by atoms with Crippen LogP contribution < -0.4 is 15.4 Å². The summed E-state index contributed by atoms with van der Waals surface area (Å²) in [6.07, 6.45) is 11.9. The summed E-state index contributed by atoms with van der Waals surface area (Å²) in [6.45, 7) is 5.71. The molecule has 10 heteroatoms. The van der Waals surface area contributed by atoms with E-state index >= 15 is 0 Å². The van der Waals surface area contributed by atoms with Crippen LogP contribution in [0.5, 0.6) is 5.75 Å². The van der Waals surface area contributed by atoms with Crippen LogP contribution in [-0.4, -0.2) is 60.1 Å². The van der Waals surface area contributed by atoms with Crippen LogP contribution in [0.3, 0.4) is 0 Å². The Morgan fingerprint density at radius 1 is 1.08 bits per heavy atom. The topological polar surface area (TPSA) is 97.0 Å². The highest BCUT2D eigenvalue weighted by molar-refractivity contribution is 9.10. The van der Waals surface area contributed by atoms with Crippen LogP contribution in [0.4, 0.5) is 0 Å². The Morgan fingerprint density at radius 3 is 2.37 bits per heavy atom. The molecule has 2 rings (SSSR count). The first kappa shape index (κ1) is 32.0. The van der Waals surface area contributed by atoms with Crippen LogP contribution in [-0.2, 0) is 14.3 Å². The van der Waals surface area contributed by atoms with E-state index in [9.17, 15) is 14.4 Å². The largest absolute Gasteiger partial charge is 0.493 e. The minimum absolute atomic E-state index is 0.0994. The molecule has 1 atom stereocenters. The zero-order chi connectivity index (χ0) is 27.8. The Morgan fingerprint density at radius 2 is 1.74 bits per heavy atom. The third-order valence-corrected chi connectivity index (χ3v) is 7.38. The summed E-state index contributed by atoms with van der Waals surface area (Å²) in [5.41, 5.74) is 0.386. The van der Waals surface area contributed by atoms with Gasteiger partial charge in [0.05, 0.1) is 24.1 Å². The molecule has 1 aliphatic heterocycles. The van der Waals surface area contributed by atoms with E-state index in [1.165, 1.54) is 44.9 Å². The number of esters is 1. The molecule has 0 saturated carbocycles. The number of nitrogens with zero attached hydrogens (tertiary/aromatic N) is 1. The lowest BCUT2D eigenvalue weighted by atomic mass is 10.1. The molecule has 2 N–H and O–H groups in total. The molecule has 212 valence electrons. The molecule has 2 amide bonds. The number of carbonyl (C=O) groups excluding carboxylic acids is 3. The van der Waals surface area contributed by atoms with E-state index in [-0.39, 0.29) is 17.4 Å². The van der Waals surface area contributed by atoms with Crippen LogP contribution in [0.15, 0.2) is 22.7 Å². The van der Waals surface area contributed by atoms with Crippen LogP contribution >= 0.6 is 28.1 Å². The predicted molar refractivity (Wildman–Crippen MR) is 156 cm³/mol. The molecule has 0 bridgehead atoms. The second-order valence-corrected chi connectivity index (χ2v) is 10.7. The summed E-state index contributed by atoms with van der Waals surface area (Å²) < 4.78 is 11.5. The van der Waals surface area contributed by atoms with E-state index in [4.69, 9.17) is 21.7 Å². The summed E-state index contributed by atoms with van der Waals surface area (Å²) >= 11 is 8.85. The van der Waals surface area contributed by atoms with Gasteiger partial charge in [-0.05, 0) is 59.7 Å². The van der Waals surface area contributed by atoms with Crippen molar-refractivity contribution in [2.45, 2.75) is 90.5 Å². The highest BCUT2D eigenvalue weighted by Crippen LogP contribution is 2.26. The van der Waals surface area contributed by atoms with Gasteiger partial charge in [-0.25, -0.2) is 0 Å². The van der Waals surface area contributed by atoms with Crippen LogP contribution in [0, 0.1) is 0 Å². The molecule has 1 fully saturated rings. The molecule has 0 spiro atoms. The molecule has 1 unspecified atom stereocenters. The number of halogens is 1. The second-order valence-electron chi connectivity index (χ2n) is 9.44. The van der Waals surface area contributed by atoms with E-state index < -0.39 is 17.9 Å². The maximum absolute atomic E-state index is 12.8. The van der Waals surface area contributed by atoms with Crippen molar-refractivity contribution in [3.8, 4) is 5.75 Å². The van der Waals surface area contributed by atoms with Crippen LogP contribution in [0.25, 0.3) is 0 Å². The minimum Gasteiger partial charge on any atom is -0.493 e. The van der Waals surface area contributed by atoms with E-state index in [0.29, 0.717) is 42.1 Å². The highest BCUT2D eigenvalue weighted by Gasteiger charge is 2.34. The van der Waals surface area contributed by atoms with Gasteiger partial charge >= 0.3 is 5.97 Å². The number of carbonyl (C=O) groups is 3. The molecule has 0 aliphatic carbocycles. The molecule has 0 radical (unpaired) electrons. The van der Waals surface area contributed by atoms with Gasteiger partial charge in [-0.2, -0.15) is 0 Å². The van der Waals surface area contributed by atoms with Crippen molar-refractivity contribution < 1.29 is 23.9 Å². The van der Waals surface area contributed by atoms with Crippen molar-refractivity contribution in [2.24, 2.45) is 0 Å². The minimum atomic E-state index is -0.830. The molecular weight excluding hydrogens is 570 g/mol. The second kappa shape index (κ2) is 18.2. The average Bonchev–Trinajstić information content (AvgIpc) is 2.89.